The van der Waals surface area contributed by atoms with Gasteiger partial charge in [-0.05, 0) is 26.0 Å². The Hall–Kier alpha value is -1.63. The Morgan fingerprint density at radius 1 is 1.38 bits per heavy atom. The first-order valence-electron chi connectivity index (χ1n) is 6.95. The van der Waals surface area contributed by atoms with Crippen LogP contribution in [0.5, 0.6) is 11.5 Å². The molecule has 1 aliphatic heterocycles. The summed E-state index contributed by atoms with van der Waals surface area (Å²) < 4.78 is 11.8. The summed E-state index contributed by atoms with van der Waals surface area (Å²) in [6.45, 7) is 4.59. The van der Waals surface area contributed by atoms with Gasteiger partial charge in [0.05, 0.1) is 16.7 Å². The van der Waals surface area contributed by atoms with Crippen LogP contribution in [0.15, 0.2) is 24.3 Å². The second-order valence-electron chi connectivity index (χ2n) is 5.14. The van der Waals surface area contributed by atoms with Crippen molar-refractivity contribution in [3.05, 3.63) is 39.8 Å². The molecule has 0 radical (unpaired) electrons. The van der Waals surface area contributed by atoms with Crippen molar-refractivity contribution in [3.63, 3.8) is 0 Å². The lowest BCUT2D eigenvalue weighted by atomic mass is 10.1. The van der Waals surface area contributed by atoms with E-state index >= 15 is 0 Å². The van der Waals surface area contributed by atoms with Crippen molar-refractivity contribution in [1.82, 2.24) is 10.4 Å². The Kier molecular flexibility index (Phi) is 4.10. The molecule has 0 saturated heterocycles. The van der Waals surface area contributed by atoms with Crippen molar-refractivity contribution >= 4 is 11.3 Å². The lowest BCUT2D eigenvalue weighted by molar-refractivity contribution is 0.0619. The zero-order valence-corrected chi connectivity index (χ0v) is 12.9. The van der Waals surface area contributed by atoms with Crippen molar-refractivity contribution in [3.8, 4) is 11.5 Å². The van der Waals surface area contributed by atoms with Gasteiger partial charge in [0.15, 0.2) is 11.5 Å². The van der Waals surface area contributed by atoms with Gasteiger partial charge < -0.3 is 9.47 Å². The molecule has 2 atom stereocenters. The van der Waals surface area contributed by atoms with E-state index < -0.39 is 0 Å². The maximum absolute atomic E-state index is 6.00. The summed E-state index contributed by atoms with van der Waals surface area (Å²) in [5, 5.41) is 1.07. The Morgan fingerprint density at radius 2 is 2.14 bits per heavy atom. The molecule has 2 unspecified atom stereocenters. The standard InChI is InChI=1S/C15H19N3O2S/c1-9-10(2)21-15(17-9)7-11(18-16)14-8-19-12-5-3-4-6-13(12)20-14/h3-6,11,14,18H,7-8,16H2,1-2H3. The maximum atomic E-state index is 6.00. The lowest BCUT2D eigenvalue weighted by Crippen LogP contribution is -2.51. The van der Waals surface area contributed by atoms with E-state index in [2.05, 4.69) is 17.3 Å². The van der Waals surface area contributed by atoms with E-state index in [-0.39, 0.29) is 12.1 Å². The van der Waals surface area contributed by atoms with Gasteiger partial charge in [0.25, 0.3) is 0 Å². The van der Waals surface area contributed by atoms with Crippen molar-refractivity contribution < 1.29 is 9.47 Å². The monoisotopic (exact) mass is 305 g/mol. The molecule has 0 saturated carbocycles. The molecule has 3 N–H and O–H groups in total. The van der Waals surface area contributed by atoms with Gasteiger partial charge in [-0.2, -0.15) is 0 Å². The number of ether oxygens (including phenoxy) is 2. The summed E-state index contributed by atoms with van der Waals surface area (Å²) in [5.74, 6) is 7.25. The number of nitrogens with one attached hydrogen (secondary N) is 1. The van der Waals surface area contributed by atoms with Crippen LogP contribution in [0.2, 0.25) is 0 Å². The third-order valence-electron chi connectivity index (χ3n) is 3.66. The van der Waals surface area contributed by atoms with Crippen LogP contribution in [-0.2, 0) is 6.42 Å². The molecule has 0 bridgehead atoms. The van der Waals surface area contributed by atoms with Crippen LogP contribution >= 0.6 is 11.3 Å². The Labute approximate surface area is 128 Å². The van der Waals surface area contributed by atoms with Crippen LogP contribution < -0.4 is 20.7 Å². The van der Waals surface area contributed by atoms with E-state index in [4.69, 9.17) is 15.3 Å². The summed E-state index contributed by atoms with van der Waals surface area (Å²) in [6.07, 6.45) is 0.598. The van der Waals surface area contributed by atoms with Gasteiger partial charge in [0, 0.05) is 11.3 Å². The van der Waals surface area contributed by atoms with Crippen molar-refractivity contribution in [1.29, 1.82) is 0 Å². The number of rotatable bonds is 4. The number of hydrazine groups is 1. The smallest absolute Gasteiger partial charge is 0.161 e. The SMILES string of the molecule is Cc1nc(CC(NN)C2COc3ccccc3O2)sc1C. The highest BCUT2D eigenvalue weighted by Gasteiger charge is 2.29. The Bertz CT molecular complexity index is 610. The normalized spacial score (nSPS) is 18.5. The largest absolute Gasteiger partial charge is 0.486 e. The van der Waals surface area contributed by atoms with E-state index in [1.807, 2.05) is 31.2 Å². The average Bonchev–Trinajstić information content (AvgIpc) is 2.82. The number of hydrogen-bond donors (Lipinski definition) is 2. The van der Waals surface area contributed by atoms with E-state index in [0.29, 0.717) is 6.61 Å². The summed E-state index contributed by atoms with van der Waals surface area (Å²) in [6, 6.07) is 7.64. The fourth-order valence-corrected chi connectivity index (χ4v) is 3.34. The van der Waals surface area contributed by atoms with Crippen LogP contribution in [0.1, 0.15) is 15.6 Å². The number of para-hydroxylation sites is 2. The maximum Gasteiger partial charge on any atom is 0.161 e. The van der Waals surface area contributed by atoms with Crippen LogP contribution in [0, 0.1) is 13.8 Å². The van der Waals surface area contributed by atoms with E-state index in [1.165, 1.54) is 4.88 Å². The highest BCUT2D eigenvalue weighted by Crippen LogP contribution is 2.32. The lowest BCUT2D eigenvalue weighted by Gasteiger charge is -2.31. The first-order chi connectivity index (χ1) is 10.2. The molecule has 1 aromatic carbocycles. The zero-order chi connectivity index (χ0) is 14.8. The van der Waals surface area contributed by atoms with Crippen molar-refractivity contribution in [2.24, 2.45) is 5.84 Å². The second kappa shape index (κ2) is 6.01. The van der Waals surface area contributed by atoms with Gasteiger partial charge in [-0.25, -0.2) is 4.98 Å². The van der Waals surface area contributed by atoms with Crippen LogP contribution in [-0.4, -0.2) is 23.7 Å². The average molecular weight is 305 g/mol. The molecular weight excluding hydrogens is 286 g/mol. The number of fused-ring (bicyclic) bond motifs is 1. The summed E-state index contributed by atoms with van der Waals surface area (Å²) in [7, 11) is 0. The van der Waals surface area contributed by atoms with Crippen LogP contribution in [0.25, 0.3) is 0 Å². The van der Waals surface area contributed by atoms with Crippen molar-refractivity contribution in [2.75, 3.05) is 6.61 Å². The number of thiazole rings is 1. The molecule has 6 heteroatoms. The Balaban J connectivity index is 1.72. The van der Waals surface area contributed by atoms with Crippen LogP contribution in [0.3, 0.4) is 0 Å². The van der Waals surface area contributed by atoms with Gasteiger partial charge in [-0.3, -0.25) is 11.3 Å². The summed E-state index contributed by atoms with van der Waals surface area (Å²) >= 11 is 1.70. The third kappa shape index (κ3) is 3.02. The molecule has 2 aromatic rings. The van der Waals surface area contributed by atoms with E-state index in [1.54, 1.807) is 11.3 Å². The van der Waals surface area contributed by atoms with Gasteiger partial charge in [-0.1, -0.05) is 12.1 Å². The van der Waals surface area contributed by atoms with E-state index in [0.717, 1.165) is 28.6 Å². The molecule has 21 heavy (non-hydrogen) atoms. The molecule has 112 valence electrons. The zero-order valence-electron chi connectivity index (χ0n) is 12.1. The van der Waals surface area contributed by atoms with Gasteiger partial charge in [0.2, 0.25) is 0 Å². The molecule has 3 rings (SSSR count). The van der Waals surface area contributed by atoms with Gasteiger partial charge in [0.1, 0.15) is 12.7 Å². The van der Waals surface area contributed by atoms with Gasteiger partial charge >= 0.3 is 0 Å². The fraction of sp³-hybridized carbons (Fsp3) is 0.400. The second-order valence-corrected chi connectivity index (χ2v) is 6.43. The first kappa shape index (κ1) is 14.3. The number of hydrogen-bond acceptors (Lipinski definition) is 6. The molecule has 0 fully saturated rings. The van der Waals surface area contributed by atoms with E-state index in [9.17, 15) is 0 Å². The number of aromatic nitrogens is 1. The minimum atomic E-state index is -0.130. The third-order valence-corrected chi connectivity index (χ3v) is 4.76. The molecule has 1 aromatic heterocycles. The molecule has 0 spiro atoms. The highest BCUT2D eigenvalue weighted by molar-refractivity contribution is 7.11. The Morgan fingerprint density at radius 3 is 2.81 bits per heavy atom. The molecule has 1 aliphatic rings. The van der Waals surface area contributed by atoms with Gasteiger partial charge in [-0.15, -0.1) is 11.3 Å². The predicted molar refractivity (Wildman–Crippen MR) is 82.8 cm³/mol. The summed E-state index contributed by atoms with van der Waals surface area (Å²) in [4.78, 5) is 5.81. The molecule has 5 nitrogen and oxygen atoms in total. The molecule has 0 amide bonds. The molecular formula is C15H19N3O2S. The number of benzene rings is 1. The van der Waals surface area contributed by atoms with Crippen molar-refractivity contribution in [2.45, 2.75) is 32.4 Å². The fourth-order valence-electron chi connectivity index (χ4n) is 2.35. The minimum Gasteiger partial charge on any atom is -0.486 e. The number of nitrogens with zero attached hydrogens (tertiary/aromatic N) is 1. The first-order valence-corrected chi connectivity index (χ1v) is 7.76. The predicted octanol–water partition coefficient (Wildman–Crippen LogP) is 1.97. The summed E-state index contributed by atoms with van der Waals surface area (Å²) in [5.41, 5.74) is 3.92. The van der Waals surface area contributed by atoms with Crippen LogP contribution in [0.4, 0.5) is 0 Å². The quantitative estimate of drug-likeness (QED) is 0.668. The molecule has 0 aliphatic carbocycles. The topological polar surface area (TPSA) is 69.4 Å². The minimum absolute atomic E-state index is 0.0386. The highest BCUT2D eigenvalue weighted by atomic mass is 32.1. The number of aryl methyl sites for hydroxylation is 2. The number of nitrogens with two attached hydrogens (primary N) is 1. The molecule has 2 heterocycles.